The molecule has 0 aliphatic heterocycles. The van der Waals surface area contributed by atoms with Crippen molar-refractivity contribution in [1.82, 2.24) is 5.32 Å². The Morgan fingerprint density at radius 3 is 2.52 bits per heavy atom. The maximum Gasteiger partial charge on any atom is 0.0444 e. The number of hydrogen-bond donors (Lipinski definition) is 1. The summed E-state index contributed by atoms with van der Waals surface area (Å²) in [5, 5.41) is 4.13. The van der Waals surface area contributed by atoms with E-state index in [9.17, 15) is 0 Å². The van der Waals surface area contributed by atoms with Gasteiger partial charge in [0.1, 0.15) is 0 Å². The average molecular weight is 297 g/mol. The first-order valence-electron chi connectivity index (χ1n) is 7.68. The van der Waals surface area contributed by atoms with Crippen LogP contribution in [0.2, 0.25) is 0 Å². The Bertz CT molecular complexity index is 622. The molecule has 0 heterocycles. The molecule has 2 aromatic rings. The second kappa shape index (κ2) is 6.25. The van der Waals surface area contributed by atoms with E-state index in [1.807, 2.05) is 11.8 Å². The molecular weight excluding hydrogens is 274 g/mol. The van der Waals surface area contributed by atoms with Gasteiger partial charge in [-0.15, -0.1) is 11.8 Å². The molecule has 110 valence electrons. The van der Waals surface area contributed by atoms with Crippen molar-refractivity contribution in [3.05, 3.63) is 65.2 Å². The molecule has 0 bridgehead atoms. The van der Waals surface area contributed by atoms with E-state index in [0.717, 1.165) is 0 Å². The number of fused-ring (bicyclic) bond motifs is 1. The Balaban J connectivity index is 1.89. The molecule has 3 atom stereocenters. The van der Waals surface area contributed by atoms with Gasteiger partial charge in [-0.3, -0.25) is 0 Å². The molecule has 0 saturated heterocycles. The van der Waals surface area contributed by atoms with E-state index >= 15 is 0 Å². The third-order valence-corrected chi connectivity index (χ3v) is 5.70. The molecule has 0 amide bonds. The van der Waals surface area contributed by atoms with Gasteiger partial charge in [-0.25, -0.2) is 0 Å². The van der Waals surface area contributed by atoms with E-state index in [2.05, 4.69) is 74.7 Å². The van der Waals surface area contributed by atoms with Crippen molar-refractivity contribution < 1.29 is 0 Å². The summed E-state index contributed by atoms with van der Waals surface area (Å²) >= 11 is 2.02. The highest BCUT2D eigenvalue weighted by Crippen LogP contribution is 2.44. The molecule has 1 nitrogen and oxygen atoms in total. The molecule has 3 rings (SSSR count). The molecule has 1 aliphatic carbocycles. The van der Waals surface area contributed by atoms with Crippen molar-refractivity contribution in [2.75, 3.05) is 7.05 Å². The molecule has 1 aliphatic rings. The molecule has 0 radical (unpaired) electrons. The van der Waals surface area contributed by atoms with Crippen LogP contribution in [0.1, 0.15) is 42.0 Å². The summed E-state index contributed by atoms with van der Waals surface area (Å²) in [5.74, 6) is 0.633. The molecule has 21 heavy (non-hydrogen) atoms. The summed E-state index contributed by atoms with van der Waals surface area (Å²) in [6, 6.07) is 18.2. The Morgan fingerprint density at radius 2 is 1.81 bits per heavy atom. The Morgan fingerprint density at radius 1 is 1.05 bits per heavy atom. The van der Waals surface area contributed by atoms with Crippen molar-refractivity contribution in [2.45, 2.75) is 42.4 Å². The van der Waals surface area contributed by atoms with Crippen LogP contribution in [0.3, 0.4) is 0 Å². The summed E-state index contributed by atoms with van der Waals surface area (Å²) < 4.78 is 0. The van der Waals surface area contributed by atoms with Crippen LogP contribution in [0.25, 0.3) is 0 Å². The maximum atomic E-state index is 3.54. The molecule has 3 unspecified atom stereocenters. The molecule has 1 N–H and O–H groups in total. The number of rotatable bonds is 3. The predicted octanol–water partition coefficient (Wildman–Crippen LogP) is 4.92. The highest BCUT2D eigenvalue weighted by molar-refractivity contribution is 8.00. The highest BCUT2D eigenvalue weighted by atomic mass is 32.2. The smallest absolute Gasteiger partial charge is 0.0444 e. The fourth-order valence-corrected chi connectivity index (χ4v) is 4.94. The summed E-state index contributed by atoms with van der Waals surface area (Å²) in [5.41, 5.74) is 4.33. The van der Waals surface area contributed by atoms with Gasteiger partial charge in [-0.05, 0) is 49.6 Å². The zero-order valence-corrected chi connectivity index (χ0v) is 13.8. The van der Waals surface area contributed by atoms with Gasteiger partial charge in [0.15, 0.2) is 0 Å². The molecule has 0 spiro atoms. The minimum absolute atomic E-state index is 0.433. The SMILES string of the molecule is CNC1c2ccccc2C(C)CC1Sc1cccc(C)c1. The lowest BCUT2D eigenvalue weighted by Gasteiger charge is -2.36. The van der Waals surface area contributed by atoms with Crippen LogP contribution < -0.4 is 5.32 Å². The Labute approximate surface area is 132 Å². The van der Waals surface area contributed by atoms with Crippen molar-refractivity contribution in [3.8, 4) is 0 Å². The number of nitrogens with one attached hydrogen (secondary N) is 1. The standard InChI is InChI=1S/C19H23NS/c1-13-7-6-8-15(11-13)21-18-12-14(2)16-9-4-5-10-17(16)19(18)20-3/h4-11,14,18-20H,12H2,1-3H3. The first-order chi connectivity index (χ1) is 10.2. The van der Waals surface area contributed by atoms with Crippen molar-refractivity contribution in [1.29, 1.82) is 0 Å². The topological polar surface area (TPSA) is 12.0 Å². The molecule has 0 fully saturated rings. The number of benzene rings is 2. The fraction of sp³-hybridized carbons (Fsp3) is 0.368. The van der Waals surface area contributed by atoms with Gasteiger partial charge in [-0.2, -0.15) is 0 Å². The normalized spacial score (nSPS) is 24.6. The average Bonchev–Trinajstić information content (AvgIpc) is 2.48. The van der Waals surface area contributed by atoms with E-state index in [1.54, 1.807) is 0 Å². The zero-order chi connectivity index (χ0) is 14.8. The lowest BCUT2D eigenvalue weighted by molar-refractivity contribution is 0.473. The first kappa shape index (κ1) is 14.7. The molecule has 0 saturated carbocycles. The minimum atomic E-state index is 0.433. The summed E-state index contributed by atoms with van der Waals surface area (Å²) in [6.07, 6.45) is 1.22. The van der Waals surface area contributed by atoms with Crippen LogP contribution in [0.4, 0.5) is 0 Å². The van der Waals surface area contributed by atoms with E-state index in [0.29, 0.717) is 17.2 Å². The Kier molecular flexibility index (Phi) is 4.37. The monoisotopic (exact) mass is 297 g/mol. The van der Waals surface area contributed by atoms with Gasteiger partial charge in [-0.1, -0.05) is 48.9 Å². The largest absolute Gasteiger partial charge is 0.312 e. The molecule has 0 aromatic heterocycles. The quantitative estimate of drug-likeness (QED) is 0.862. The molecule has 2 aromatic carbocycles. The van der Waals surface area contributed by atoms with E-state index in [4.69, 9.17) is 0 Å². The predicted molar refractivity (Wildman–Crippen MR) is 92.1 cm³/mol. The Hall–Kier alpha value is -1.25. The maximum absolute atomic E-state index is 3.54. The summed E-state index contributed by atoms with van der Waals surface area (Å²) in [4.78, 5) is 1.38. The van der Waals surface area contributed by atoms with Crippen molar-refractivity contribution in [2.24, 2.45) is 0 Å². The van der Waals surface area contributed by atoms with Gasteiger partial charge in [0.05, 0.1) is 0 Å². The van der Waals surface area contributed by atoms with Gasteiger partial charge < -0.3 is 5.32 Å². The van der Waals surface area contributed by atoms with Crippen molar-refractivity contribution in [3.63, 3.8) is 0 Å². The lowest BCUT2D eigenvalue weighted by atomic mass is 9.81. The summed E-state index contributed by atoms with van der Waals surface area (Å²) in [6.45, 7) is 4.52. The number of aryl methyl sites for hydroxylation is 1. The van der Waals surface area contributed by atoms with Crippen LogP contribution in [-0.4, -0.2) is 12.3 Å². The minimum Gasteiger partial charge on any atom is -0.312 e. The fourth-order valence-electron chi connectivity index (χ4n) is 3.38. The van der Waals surface area contributed by atoms with Gasteiger partial charge in [0.2, 0.25) is 0 Å². The second-order valence-corrected chi connectivity index (χ2v) is 7.32. The van der Waals surface area contributed by atoms with E-state index in [-0.39, 0.29) is 0 Å². The number of hydrogen-bond acceptors (Lipinski definition) is 2. The van der Waals surface area contributed by atoms with Crippen LogP contribution in [0.15, 0.2) is 53.4 Å². The van der Waals surface area contributed by atoms with Gasteiger partial charge in [0, 0.05) is 16.2 Å². The second-order valence-electron chi connectivity index (χ2n) is 6.00. The van der Waals surface area contributed by atoms with Crippen LogP contribution in [0.5, 0.6) is 0 Å². The molecule has 2 heteroatoms. The van der Waals surface area contributed by atoms with Crippen LogP contribution >= 0.6 is 11.8 Å². The third-order valence-electron chi connectivity index (χ3n) is 4.41. The van der Waals surface area contributed by atoms with Crippen molar-refractivity contribution >= 4 is 11.8 Å². The summed E-state index contributed by atoms with van der Waals surface area (Å²) in [7, 11) is 2.08. The van der Waals surface area contributed by atoms with E-state index < -0.39 is 0 Å². The lowest BCUT2D eigenvalue weighted by Crippen LogP contribution is -2.33. The van der Waals surface area contributed by atoms with E-state index in [1.165, 1.54) is 28.0 Å². The highest BCUT2D eigenvalue weighted by Gasteiger charge is 2.32. The third kappa shape index (κ3) is 3.02. The van der Waals surface area contributed by atoms with Gasteiger partial charge >= 0.3 is 0 Å². The zero-order valence-electron chi connectivity index (χ0n) is 13.0. The number of thioether (sulfide) groups is 1. The first-order valence-corrected chi connectivity index (χ1v) is 8.56. The van der Waals surface area contributed by atoms with Crippen LogP contribution in [-0.2, 0) is 0 Å². The van der Waals surface area contributed by atoms with Crippen LogP contribution in [0, 0.1) is 6.92 Å². The van der Waals surface area contributed by atoms with Gasteiger partial charge in [0.25, 0.3) is 0 Å². The molecular formula is C19H23NS.